The molecule has 0 aromatic rings. The van der Waals surface area contributed by atoms with Crippen LogP contribution < -0.4 is 10.6 Å². The van der Waals surface area contributed by atoms with Gasteiger partial charge in [-0.2, -0.15) is 0 Å². The zero-order chi connectivity index (χ0) is 7.98. The molecule has 0 aliphatic rings. The van der Waals surface area contributed by atoms with Crippen LogP contribution in [0.25, 0.3) is 0 Å². The van der Waals surface area contributed by atoms with E-state index in [0.29, 0.717) is 12.1 Å². The van der Waals surface area contributed by atoms with Crippen molar-refractivity contribution in [2.24, 2.45) is 0 Å². The van der Waals surface area contributed by atoms with Crippen molar-refractivity contribution in [3.63, 3.8) is 0 Å². The first-order chi connectivity index (χ1) is 4.63. The van der Waals surface area contributed by atoms with Gasteiger partial charge in [-0.15, -0.1) is 0 Å². The first-order valence-corrected chi connectivity index (χ1v) is 4.03. The molecule has 0 aliphatic carbocycles. The summed E-state index contributed by atoms with van der Waals surface area (Å²) >= 11 is 0. The molecule has 0 amide bonds. The van der Waals surface area contributed by atoms with Crippen LogP contribution in [0.1, 0.15) is 27.7 Å². The third-order valence-electron chi connectivity index (χ3n) is 1.16. The SMILES string of the molecule is CC(C)[N]CCNC(C)C. The molecule has 0 saturated carbocycles. The van der Waals surface area contributed by atoms with Crippen LogP contribution in [-0.4, -0.2) is 25.2 Å². The molecule has 0 unspecified atom stereocenters. The van der Waals surface area contributed by atoms with E-state index in [1.54, 1.807) is 0 Å². The van der Waals surface area contributed by atoms with Gasteiger partial charge in [0.25, 0.3) is 0 Å². The van der Waals surface area contributed by atoms with Gasteiger partial charge in [-0.3, -0.25) is 0 Å². The van der Waals surface area contributed by atoms with Gasteiger partial charge in [-0.25, -0.2) is 5.32 Å². The number of hydrogen-bond donors (Lipinski definition) is 1. The van der Waals surface area contributed by atoms with Crippen LogP contribution in [0.4, 0.5) is 0 Å². The Morgan fingerprint density at radius 3 is 2.20 bits per heavy atom. The lowest BCUT2D eigenvalue weighted by Crippen LogP contribution is -2.30. The molecule has 0 aromatic heterocycles. The van der Waals surface area contributed by atoms with Crippen LogP contribution in [0.15, 0.2) is 0 Å². The minimum Gasteiger partial charge on any atom is -0.313 e. The second kappa shape index (κ2) is 5.69. The van der Waals surface area contributed by atoms with E-state index in [9.17, 15) is 0 Å². The van der Waals surface area contributed by atoms with Gasteiger partial charge in [-0.1, -0.05) is 13.8 Å². The maximum Gasteiger partial charge on any atom is 0.0261 e. The van der Waals surface area contributed by atoms with E-state index in [4.69, 9.17) is 0 Å². The van der Waals surface area contributed by atoms with Crippen molar-refractivity contribution in [3.05, 3.63) is 0 Å². The fourth-order valence-corrected chi connectivity index (χ4v) is 0.676. The van der Waals surface area contributed by atoms with Crippen LogP contribution in [0.5, 0.6) is 0 Å². The zero-order valence-corrected chi connectivity index (χ0v) is 7.52. The van der Waals surface area contributed by atoms with E-state index in [-0.39, 0.29) is 0 Å². The normalized spacial score (nSPS) is 11.4. The Morgan fingerprint density at radius 2 is 1.80 bits per heavy atom. The van der Waals surface area contributed by atoms with Gasteiger partial charge in [-0.05, 0) is 13.8 Å². The predicted octanol–water partition coefficient (Wildman–Crippen LogP) is 0.997. The molecule has 1 radical (unpaired) electrons. The van der Waals surface area contributed by atoms with E-state index in [1.165, 1.54) is 0 Å². The van der Waals surface area contributed by atoms with Gasteiger partial charge in [0.1, 0.15) is 0 Å². The lowest BCUT2D eigenvalue weighted by Gasteiger charge is -2.08. The van der Waals surface area contributed by atoms with E-state index < -0.39 is 0 Å². The molecule has 0 fully saturated rings. The molecule has 61 valence electrons. The van der Waals surface area contributed by atoms with E-state index in [0.717, 1.165) is 13.1 Å². The average Bonchev–Trinajstić information content (AvgIpc) is 1.79. The molecule has 1 N–H and O–H groups in total. The highest BCUT2D eigenvalue weighted by Crippen LogP contribution is 1.78. The number of nitrogens with one attached hydrogen (secondary N) is 1. The van der Waals surface area contributed by atoms with E-state index in [2.05, 4.69) is 38.3 Å². The molecule has 0 bridgehead atoms. The van der Waals surface area contributed by atoms with Crippen molar-refractivity contribution < 1.29 is 0 Å². The molecule has 0 aliphatic heterocycles. The zero-order valence-electron chi connectivity index (χ0n) is 7.52. The van der Waals surface area contributed by atoms with E-state index in [1.807, 2.05) is 0 Å². The molecule has 0 atom stereocenters. The first kappa shape index (κ1) is 9.92. The summed E-state index contributed by atoms with van der Waals surface area (Å²) in [4.78, 5) is 0. The third-order valence-corrected chi connectivity index (χ3v) is 1.16. The Bertz CT molecular complexity index is 59.7. The van der Waals surface area contributed by atoms with Crippen molar-refractivity contribution in [2.45, 2.75) is 39.8 Å². The third kappa shape index (κ3) is 7.92. The largest absolute Gasteiger partial charge is 0.313 e. The van der Waals surface area contributed by atoms with Crippen molar-refractivity contribution >= 4 is 0 Å². The summed E-state index contributed by atoms with van der Waals surface area (Å²) in [6.45, 7) is 10.5. The second-order valence-electron chi connectivity index (χ2n) is 3.11. The molecule has 10 heavy (non-hydrogen) atoms. The summed E-state index contributed by atoms with van der Waals surface area (Å²) in [5.41, 5.74) is 0. The monoisotopic (exact) mass is 143 g/mol. The standard InChI is InChI=1S/C8H19N2/c1-7(2)9-5-6-10-8(3)4/h7-9H,5-6H2,1-4H3. The predicted molar refractivity (Wildman–Crippen MR) is 45.3 cm³/mol. The topological polar surface area (TPSA) is 26.1 Å². The van der Waals surface area contributed by atoms with Crippen LogP contribution >= 0.6 is 0 Å². The Hall–Kier alpha value is -0.0800. The molecule has 0 rings (SSSR count). The van der Waals surface area contributed by atoms with Gasteiger partial charge in [0, 0.05) is 25.2 Å². The lowest BCUT2D eigenvalue weighted by molar-refractivity contribution is 0.517. The Labute approximate surface area is 64.4 Å². The molecule has 0 heterocycles. The molecular formula is C8H19N2. The van der Waals surface area contributed by atoms with E-state index >= 15 is 0 Å². The average molecular weight is 143 g/mol. The number of rotatable bonds is 5. The van der Waals surface area contributed by atoms with Crippen molar-refractivity contribution in [3.8, 4) is 0 Å². The number of nitrogens with zero attached hydrogens (tertiary/aromatic N) is 1. The maximum absolute atomic E-state index is 4.33. The molecule has 0 spiro atoms. The van der Waals surface area contributed by atoms with Crippen LogP contribution in [0.2, 0.25) is 0 Å². The molecular weight excluding hydrogens is 124 g/mol. The second-order valence-corrected chi connectivity index (χ2v) is 3.11. The summed E-state index contributed by atoms with van der Waals surface area (Å²) in [6.07, 6.45) is 0. The fraction of sp³-hybridized carbons (Fsp3) is 1.00. The van der Waals surface area contributed by atoms with Crippen LogP contribution in [-0.2, 0) is 0 Å². The smallest absolute Gasteiger partial charge is 0.0261 e. The van der Waals surface area contributed by atoms with Gasteiger partial charge in [0.05, 0.1) is 0 Å². The summed E-state index contributed by atoms with van der Waals surface area (Å²) < 4.78 is 0. The summed E-state index contributed by atoms with van der Waals surface area (Å²) in [5.74, 6) is 0. The summed E-state index contributed by atoms with van der Waals surface area (Å²) in [6, 6.07) is 1.07. The number of hydrogen-bond acceptors (Lipinski definition) is 1. The van der Waals surface area contributed by atoms with Gasteiger partial charge in [0.2, 0.25) is 0 Å². The highest BCUT2D eigenvalue weighted by Gasteiger charge is 1.93. The van der Waals surface area contributed by atoms with Crippen molar-refractivity contribution in [1.82, 2.24) is 10.6 Å². The maximum atomic E-state index is 4.33. The quantitative estimate of drug-likeness (QED) is 0.571. The Balaban J connectivity index is 2.91. The van der Waals surface area contributed by atoms with Crippen molar-refractivity contribution in [2.75, 3.05) is 13.1 Å². The summed E-state index contributed by atoms with van der Waals surface area (Å²) in [5, 5.41) is 7.64. The molecule has 2 nitrogen and oxygen atoms in total. The first-order valence-electron chi connectivity index (χ1n) is 4.03. The Morgan fingerprint density at radius 1 is 1.20 bits per heavy atom. The highest BCUT2D eigenvalue weighted by molar-refractivity contribution is 4.57. The van der Waals surface area contributed by atoms with Crippen molar-refractivity contribution in [1.29, 1.82) is 0 Å². The highest BCUT2D eigenvalue weighted by atomic mass is 15.0. The van der Waals surface area contributed by atoms with Gasteiger partial charge in [0.15, 0.2) is 0 Å². The molecule has 0 saturated heterocycles. The minimum atomic E-state index is 0.481. The van der Waals surface area contributed by atoms with Gasteiger partial charge >= 0.3 is 0 Å². The molecule has 2 heteroatoms. The van der Waals surface area contributed by atoms with Crippen LogP contribution in [0, 0.1) is 0 Å². The lowest BCUT2D eigenvalue weighted by atomic mass is 10.3. The van der Waals surface area contributed by atoms with Crippen LogP contribution in [0.3, 0.4) is 0 Å². The minimum absolute atomic E-state index is 0.481. The fourth-order valence-electron chi connectivity index (χ4n) is 0.676. The van der Waals surface area contributed by atoms with Gasteiger partial charge < -0.3 is 5.32 Å². The molecule has 0 aromatic carbocycles. The summed E-state index contributed by atoms with van der Waals surface area (Å²) in [7, 11) is 0. The Kier molecular flexibility index (Phi) is 5.64.